The Hall–Kier alpha value is -3.01. The Labute approximate surface area is 181 Å². The highest BCUT2D eigenvalue weighted by Crippen LogP contribution is 2.34. The Kier molecular flexibility index (Phi) is 6.89. The maximum absolute atomic E-state index is 12.9. The zero-order valence-corrected chi connectivity index (χ0v) is 17.6. The van der Waals surface area contributed by atoms with Crippen LogP contribution in [0, 0.1) is 0 Å². The first-order chi connectivity index (χ1) is 14.7. The van der Waals surface area contributed by atoms with Gasteiger partial charge in [0, 0.05) is 18.7 Å². The van der Waals surface area contributed by atoms with Gasteiger partial charge < -0.3 is 10.1 Å². The number of halogens is 3. The van der Waals surface area contributed by atoms with Crippen molar-refractivity contribution >= 4 is 40.1 Å². The van der Waals surface area contributed by atoms with Crippen molar-refractivity contribution in [2.45, 2.75) is 24.8 Å². The van der Waals surface area contributed by atoms with E-state index in [4.69, 9.17) is 4.74 Å². The van der Waals surface area contributed by atoms with Crippen molar-refractivity contribution in [1.82, 2.24) is 4.90 Å². The van der Waals surface area contributed by atoms with Crippen LogP contribution in [0.1, 0.15) is 18.9 Å². The Balaban J connectivity index is 1.72. The fourth-order valence-corrected chi connectivity index (χ4v) is 4.15. The smallest absolute Gasteiger partial charge is 0.416 e. The largest absolute Gasteiger partial charge is 0.497 e. The number of amides is 2. The number of alkyl halides is 3. The van der Waals surface area contributed by atoms with E-state index in [0.29, 0.717) is 18.0 Å². The highest BCUT2D eigenvalue weighted by atomic mass is 32.2. The summed E-state index contributed by atoms with van der Waals surface area (Å²) < 4.78 is 43.9. The second-order valence-corrected chi connectivity index (χ2v) is 7.78. The fraction of sp³-hybridized carbons (Fsp3) is 0.286. The third-order valence-electron chi connectivity index (χ3n) is 4.48. The molecule has 0 bridgehead atoms. The van der Waals surface area contributed by atoms with Gasteiger partial charge in [0.05, 0.1) is 18.4 Å². The Bertz CT molecular complexity index is 993. The number of ether oxygens (including phenoxy) is 1. The van der Waals surface area contributed by atoms with Crippen LogP contribution in [0.15, 0.2) is 53.5 Å². The minimum atomic E-state index is -4.48. The summed E-state index contributed by atoms with van der Waals surface area (Å²) in [4.78, 5) is 30.7. The SMILES string of the molecule is CCN1C(=O)C(CC(=O)Nc2ccc(OC)cc2)SC1=Nc1cccc(C(F)(F)F)c1. The normalized spacial score (nSPS) is 17.8. The van der Waals surface area contributed by atoms with Crippen LogP contribution in [0.25, 0.3) is 0 Å². The lowest BCUT2D eigenvalue weighted by molar-refractivity contribution is -0.137. The summed E-state index contributed by atoms with van der Waals surface area (Å²) in [7, 11) is 1.54. The van der Waals surface area contributed by atoms with Crippen LogP contribution in [0.3, 0.4) is 0 Å². The Morgan fingerprint density at radius 2 is 1.94 bits per heavy atom. The minimum absolute atomic E-state index is 0.0896. The van der Waals surface area contributed by atoms with E-state index in [0.717, 1.165) is 23.9 Å². The van der Waals surface area contributed by atoms with E-state index in [2.05, 4.69) is 10.3 Å². The quantitative estimate of drug-likeness (QED) is 0.692. The van der Waals surface area contributed by atoms with Crippen molar-refractivity contribution in [3.8, 4) is 5.75 Å². The molecule has 1 saturated heterocycles. The molecule has 1 N–H and O–H groups in total. The maximum Gasteiger partial charge on any atom is 0.416 e. The van der Waals surface area contributed by atoms with Crippen LogP contribution in [-0.2, 0) is 15.8 Å². The van der Waals surface area contributed by atoms with Gasteiger partial charge in [-0.3, -0.25) is 14.5 Å². The lowest BCUT2D eigenvalue weighted by atomic mass is 10.2. The highest BCUT2D eigenvalue weighted by Gasteiger charge is 2.38. The average Bonchev–Trinajstić information content (AvgIpc) is 3.02. The predicted molar refractivity (Wildman–Crippen MR) is 114 cm³/mol. The fourth-order valence-electron chi connectivity index (χ4n) is 2.93. The molecule has 3 rings (SSSR count). The van der Waals surface area contributed by atoms with Gasteiger partial charge in [-0.25, -0.2) is 4.99 Å². The number of nitrogens with zero attached hydrogens (tertiary/aromatic N) is 2. The molecule has 2 amide bonds. The molecule has 1 atom stereocenters. The number of hydrogen-bond donors (Lipinski definition) is 1. The van der Waals surface area contributed by atoms with Crippen molar-refractivity contribution in [2.75, 3.05) is 19.0 Å². The molecule has 31 heavy (non-hydrogen) atoms. The summed E-state index contributed by atoms with van der Waals surface area (Å²) in [5.41, 5.74) is -0.166. The van der Waals surface area contributed by atoms with E-state index in [1.54, 1.807) is 31.2 Å². The standard InChI is InChI=1S/C21H20F3N3O3S/c1-3-27-19(29)17(12-18(28)25-14-7-9-16(30-2)10-8-14)31-20(27)26-15-6-4-5-13(11-15)21(22,23)24/h4-11,17H,3,12H2,1-2H3,(H,25,28). The number of aliphatic imine (C=N–C) groups is 1. The van der Waals surface area contributed by atoms with Crippen LogP contribution >= 0.6 is 11.8 Å². The Morgan fingerprint density at radius 1 is 1.23 bits per heavy atom. The molecule has 0 radical (unpaired) electrons. The maximum atomic E-state index is 12.9. The molecule has 6 nitrogen and oxygen atoms in total. The van der Waals surface area contributed by atoms with Gasteiger partial charge in [0.1, 0.15) is 11.0 Å². The molecule has 1 fully saturated rings. The highest BCUT2D eigenvalue weighted by molar-refractivity contribution is 8.15. The first kappa shape index (κ1) is 22.7. The number of methoxy groups -OCH3 is 1. The molecule has 2 aromatic carbocycles. The number of nitrogens with one attached hydrogen (secondary N) is 1. The van der Waals surface area contributed by atoms with Gasteiger partial charge in [0.2, 0.25) is 11.8 Å². The molecule has 164 valence electrons. The van der Waals surface area contributed by atoms with Crippen LogP contribution in [0.2, 0.25) is 0 Å². The lowest BCUT2D eigenvalue weighted by Crippen LogP contribution is -2.33. The van der Waals surface area contributed by atoms with Crippen LogP contribution in [0.4, 0.5) is 24.5 Å². The zero-order chi connectivity index (χ0) is 22.6. The van der Waals surface area contributed by atoms with Gasteiger partial charge in [-0.1, -0.05) is 17.8 Å². The molecule has 0 spiro atoms. The van der Waals surface area contributed by atoms with E-state index < -0.39 is 17.0 Å². The van der Waals surface area contributed by atoms with Crippen LogP contribution in [-0.4, -0.2) is 40.8 Å². The van der Waals surface area contributed by atoms with Crippen molar-refractivity contribution in [3.05, 3.63) is 54.1 Å². The summed E-state index contributed by atoms with van der Waals surface area (Å²) in [5.74, 6) is -0.0101. The second kappa shape index (κ2) is 9.42. The molecule has 10 heteroatoms. The number of hydrogen-bond acceptors (Lipinski definition) is 5. The molecule has 1 unspecified atom stereocenters. The third-order valence-corrected chi connectivity index (χ3v) is 5.65. The minimum Gasteiger partial charge on any atom is -0.497 e. The molecule has 2 aromatic rings. The van der Waals surface area contributed by atoms with Crippen molar-refractivity contribution in [1.29, 1.82) is 0 Å². The van der Waals surface area contributed by atoms with Crippen molar-refractivity contribution < 1.29 is 27.5 Å². The Morgan fingerprint density at radius 3 is 2.55 bits per heavy atom. The van der Waals surface area contributed by atoms with E-state index in [-0.39, 0.29) is 29.1 Å². The van der Waals surface area contributed by atoms with Gasteiger partial charge in [-0.15, -0.1) is 0 Å². The van der Waals surface area contributed by atoms with E-state index in [1.165, 1.54) is 24.1 Å². The number of benzene rings is 2. The molecule has 1 heterocycles. The van der Waals surface area contributed by atoms with Crippen molar-refractivity contribution in [2.24, 2.45) is 4.99 Å². The summed E-state index contributed by atoms with van der Waals surface area (Å²) in [5, 5.41) is 2.29. The van der Waals surface area contributed by atoms with E-state index in [1.807, 2.05) is 0 Å². The molecule has 1 aliphatic heterocycles. The van der Waals surface area contributed by atoms with Crippen LogP contribution < -0.4 is 10.1 Å². The van der Waals surface area contributed by atoms with E-state index in [9.17, 15) is 22.8 Å². The lowest BCUT2D eigenvalue weighted by Gasteiger charge is -2.13. The summed E-state index contributed by atoms with van der Waals surface area (Å²) in [6, 6.07) is 11.3. The number of rotatable bonds is 6. The summed E-state index contributed by atoms with van der Waals surface area (Å²) in [6.07, 6.45) is -4.57. The molecular weight excluding hydrogens is 431 g/mol. The molecule has 0 saturated carbocycles. The number of carbonyl (C=O) groups excluding carboxylic acids is 2. The van der Waals surface area contributed by atoms with Gasteiger partial charge in [-0.2, -0.15) is 13.2 Å². The van der Waals surface area contributed by atoms with Gasteiger partial charge in [0.25, 0.3) is 0 Å². The summed E-state index contributed by atoms with van der Waals surface area (Å²) in [6.45, 7) is 2.03. The number of anilines is 1. The van der Waals surface area contributed by atoms with Crippen LogP contribution in [0.5, 0.6) is 5.75 Å². The molecule has 0 aliphatic carbocycles. The monoisotopic (exact) mass is 451 g/mol. The number of thioether (sulfide) groups is 1. The first-order valence-electron chi connectivity index (χ1n) is 9.39. The second-order valence-electron chi connectivity index (χ2n) is 6.61. The first-order valence-corrected chi connectivity index (χ1v) is 10.3. The topological polar surface area (TPSA) is 71.0 Å². The number of amidine groups is 1. The van der Waals surface area contributed by atoms with Gasteiger partial charge in [-0.05, 0) is 49.4 Å². The van der Waals surface area contributed by atoms with Gasteiger partial charge in [0.15, 0.2) is 5.17 Å². The molecule has 0 aromatic heterocycles. The van der Waals surface area contributed by atoms with Gasteiger partial charge >= 0.3 is 6.18 Å². The zero-order valence-electron chi connectivity index (χ0n) is 16.8. The van der Waals surface area contributed by atoms with E-state index >= 15 is 0 Å². The molecule has 1 aliphatic rings. The van der Waals surface area contributed by atoms with Crippen molar-refractivity contribution in [3.63, 3.8) is 0 Å². The molecular formula is C21H20F3N3O3S. The average molecular weight is 451 g/mol. The third kappa shape index (κ3) is 5.57. The predicted octanol–water partition coefficient (Wildman–Crippen LogP) is 4.69. The number of carbonyl (C=O) groups is 2. The summed E-state index contributed by atoms with van der Waals surface area (Å²) >= 11 is 1.07.